The van der Waals surface area contributed by atoms with E-state index in [2.05, 4.69) is 10.4 Å². The predicted molar refractivity (Wildman–Crippen MR) is 59.2 cm³/mol. The third-order valence-electron chi connectivity index (χ3n) is 2.72. The molecular weight excluding hydrogens is 208 g/mol. The van der Waals surface area contributed by atoms with Gasteiger partial charge in [0, 0.05) is 12.6 Å². The Morgan fingerprint density at radius 1 is 1.69 bits per heavy atom. The van der Waals surface area contributed by atoms with E-state index in [-0.39, 0.29) is 5.56 Å². The lowest BCUT2D eigenvalue weighted by Crippen LogP contribution is -2.35. The normalized spacial score (nSPS) is 16.1. The number of carbonyl (C=O) groups excluding carboxylic acids is 1. The van der Waals surface area contributed by atoms with E-state index in [0.29, 0.717) is 0 Å². The fourth-order valence-corrected chi connectivity index (χ4v) is 1.72. The number of hydrogen-bond donors (Lipinski definition) is 2. The quantitative estimate of drug-likeness (QED) is 0.715. The van der Waals surface area contributed by atoms with E-state index in [9.17, 15) is 9.59 Å². The van der Waals surface area contributed by atoms with Gasteiger partial charge in [-0.1, -0.05) is 0 Å². The molecule has 0 saturated carbocycles. The van der Waals surface area contributed by atoms with Crippen LogP contribution in [0.25, 0.3) is 0 Å². The maximum absolute atomic E-state index is 11.7. The van der Waals surface area contributed by atoms with Crippen molar-refractivity contribution >= 4 is 11.6 Å². The van der Waals surface area contributed by atoms with Crippen LogP contribution in [0, 0.1) is 0 Å². The van der Waals surface area contributed by atoms with Gasteiger partial charge in [0.2, 0.25) is 5.91 Å². The van der Waals surface area contributed by atoms with Gasteiger partial charge in [-0.15, -0.1) is 0 Å². The number of nitrogens with zero attached hydrogens (tertiary/aromatic N) is 2. The standard InChI is InChI=1S/C10H14N4O2/c1-6(10(11)16)14-9(15)5-8-7(13-14)3-2-4-12-8/h5-6,12H,2-4H2,1H3,(H2,11,16). The molecule has 1 aromatic heterocycles. The summed E-state index contributed by atoms with van der Waals surface area (Å²) in [5, 5.41) is 7.28. The Hall–Kier alpha value is -1.85. The Morgan fingerprint density at radius 3 is 3.12 bits per heavy atom. The predicted octanol–water partition coefficient (Wildman–Crippen LogP) is -0.352. The maximum Gasteiger partial charge on any atom is 0.269 e. The molecule has 0 saturated heterocycles. The summed E-state index contributed by atoms with van der Waals surface area (Å²) in [4.78, 5) is 22.7. The summed E-state index contributed by atoms with van der Waals surface area (Å²) in [5.41, 5.74) is 6.44. The molecule has 1 aliphatic rings. The third-order valence-corrected chi connectivity index (χ3v) is 2.72. The monoisotopic (exact) mass is 222 g/mol. The van der Waals surface area contributed by atoms with Gasteiger partial charge in [-0.25, -0.2) is 4.68 Å². The van der Waals surface area contributed by atoms with Crippen molar-refractivity contribution in [2.24, 2.45) is 5.73 Å². The zero-order valence-electron chi connectivity index (χ0n) is 9.06. The summed E-state index contributed by atoms with van der Waals surface area (Å²) >= 11 is 0. The van der Waals surface area contributed by atoms with Gasteiger partial charge in [0.05, 0.1) is 11.4 Å². The first-order valence-corrected chi connectivity index (χ1v) is 5.25. The van der Waals surface area contributed by atoms with E-state index in [0.717, 1.165) is 35.4 Å². The molecule has 1 amide bonds. The van der Waals surface area contributed by atoms with Gasteiger partial charge >= 0.3 is 0 Å². The largest absolute Gasteiger partial charge is 0.383 e. The van der Waals surface area contributed by atoms with E-state index in [1.807, 2.05) is 0 Å². The van der Waals surface area contributed by atoms with Crippen molar-refractivity contribution in [1.29, 1.82) is 0 Å². The minimum absolute atomic E-state index is 0.306. The highest BCUT2D eigenvalue weighted by molar-refractivity contribution is 5.77. The van der Waals surface area contributed by atoms with Gasteiger partial charge in [-0.2, -0.15) is 5.10 Å². The van der Waals surface area contributed by atoms with E-state index in [4.69, 9.17) is 5.73 Å². The van der Waals surface area contributed by atoms with Crippen LogP contribution in [0.15, 0.2) is 10.9 Å². The summed E-state index contributed by atoms with van der Waals surface area (Å²) in [5.74, 6) is -0.557. The van der Waals surface area contributed by atoms with Crippen LogP contribution in [0.2, 0.25) is 0 Å². The second-order valence-corrected chi connectivity index (χ2v) is 3.90. The van der Waals surface area contributed by atoms with Crippen LogP contribution in [-0.2, 0) is 11.2 Å². The number of carbonyl (C=O) groups is 1. The number of nitrogens with two attached hydrogens (primary N) is 1. The van der Waals surface area contributed by atoms with Crippen molar-refractivity contribution in [3.05, 3.63) is 22.1 Å². The van der Waals surface area contributed by atoms with Crippen LogP contribution < -0.4 is 16.6 Å². The fraction of sp³-hybridized carbons (Fsp3) is 0.500. The van der Waals surface area contributed by atoms with Crippen molar-refractivity contribution in [2.45, 2.75) is 25.8 Å². The molecule has 3 N–H and O–H groups in total. The Balaban J connectivity index is 2.47. The number of aromatic nitrogens is 2. The molecule has 1 aliphatic heterocycles. The summed E-state index contributed by atoms with van der Waals surface area (Å²) in [6.45, 7) is 2.42. The van der Waals surface area contributed by atoms with Gasteiger partial charge in [-0.05, 0) is 19.8 Å². The molecular formula is C10H14N4O2. The Bertz CT molecular complexity index is 480. The van der Waals surface area contributed by atoms with Gasteiger partial charge in [0.15, 0.2) is 0 Å². The Kier molecular flexibility index (Phi) is 2.64. The minimum atomic E-state index is -0.709. The molecule has 0 fully saturated rings. The molecule has 0 spiro atoms. The first-order valence-electron chi connectivity index (χ1n) is 5.25. The maximum atomic E-state index is 11.7. The average molecular weight is 222 g/mol. The van der Waals surface area contributed by atoms with Crippen molar-refractivity contribution in [2.75, 3.05) is 11.9 Å². The number of rotatable bonds is 2. The lowest BCUT2D eigenvalue weighted by atomic mass is 10.1. The highest BCUT2D eigenvalue weighted by Gasteiger charge is 2.18. The minimum Gasteiger partial charge on any atom is -0.383 e. The van der Waals surface area contributed by atoms with E-state index in [1.54, 1.807) is 6.92 Å². The first kappa shape index (κ1) is 10.7. The van der Waals surface area contributed by atoms with Crippen LogP contribution >= 0.6 is 0 Å². The Labute approximate surface area is 92.4 Å². The number of nitrogens with one attached hydrogen (secondary N) is 1. The summed E-state index contributed by atoms with van der Waals surface area (Å²) in [6.07, 6.45) is 1.79. The highest BCUT2D eigenvalue weighted by Crippen LogP contribution is 2.17. The highest BCUT2D eigenvalue weighted by atomic mass is 16.2. The van der Waals surface area contributed by atoms with Gasteiger partial charge in [-0.3, -0.25) is 9.59 Å². The molecule has 2 heterocycles. The SMILES string of the molecule is CC(C(N)=O)n1nc2c(cc1=O)NCCC2. The summed E-state index contributed by atoms with van der Waals surface area (Å²) in [6, 6.07) is 0.765. The molecule has 6 heteroatoms. The fourth-order valence-electron chi connectivity index (χ4n) is 1.72. The van der Waals surface area contributed by atoms with Crippen LogP contribution in [0.5, 0.6) is 0 Å². The van der Waals surface area contributed by atoms with Crippen LogP contribution in [0.4, 0.5) is 5.69 Å². The van der Waals surface area contributed by atoms with Gasteiger partial charge < -0.3 is 11.1 Å². The third kappa shape index (κ3) is 1.78. The van der Waals surface area contributed by atoms with Gasteiger partial charge in [0.25, 0.3) is 5.56 Å². The van der Waals surface area contributed by atoms with Crippen LogP contribution in [0.3, 0.4) is 0 Å². The summed E-state index contributed by atoms with van der Waals surface area (Å²) in [7, 11) is 0. The molecule has 86 valence electrons. The number of amides is 1. The molecule has 0 aliphatic carbocycles. The van der Waals surface area contributed by atoms with Crippen LogP contribution in [0.1, 0.15) is 25.1 Å². The number of fused-ring (bicyclic) bond motifs is 1. The zero-order valence-corrected chi connectivity index (χ0v) is 9.06. The van der Waals surface area contributed by atoms with Crippen molar-refractivity contribution in [3.63, 3.8) is 0 Å². The number of aryl methyl sites for hydroxylation is 1. The average Bonchev–Trinajstić information content (AvgIpc) is 2.27. The lowest BCUT2D eigenvalue weighted by molar-refractivity contribution is -0.121. The topological polar surface area (TPSA) is 90.0 Å². The van der Waals surface area contributed by atoms with Crippen LogP contribution in [-0.4, -0.2) is 22.2 Å². The first-order chi connectivity index (χ1) is 7.59. The van der Waals surface area contributed by atoms with E-state index in [1.165, 1.54) is 6.07 Å². The molecule has 16 heavy (non-hydrogen) atoms. The number of hydrogen-bond acceptors (Lipinski definition) is 4. The summed E-state index contributed by atoms with van der Waals surface area (Å²) < 4.78 is 1.15. The smallest absolute Gasteiger partial charge is 0.269 e. The molecule has 1 unspecified atom stereocenters. The number of anilines is 1. The van der Waals surface area contributed by atoms with Gasteiger partial charge in [0.1, 0.15) is 6.04 Å². The molecule has 0 aromatic carbocycles. The molecule has 1 atom stereocenters. The lowest BCUT2D eigenvalue weighted by Gasteiger charge is -2.19. The number of primary amides is 1. The van der Waals surface area contributed by atoms with Crippen molar-refractivity contribution in [1.82, 2.24) is 9.78 Å². The second-order valence-electron chi connectivity index (χ2n) is 3.90. The molecule has 0 radical (unpaired) electrons. The van der Waals surface area contributed by atoms with Crippen molar-refractivity contribution < 1.29 is 4.79 Å². The second kappa shape index (κ2) is 3.96. The zero-order chi connectivity index (χ0) is 11.7. The van der Waals surface area contributed by atoms with E-state index < -0.39 is 11.9 Å². The molecule has 2 rings (SSSR count). The molecule has 0 bridgehead atoms. The van der Waals surface area contributed by atoms with E-state index >= 15 is 0 Å². The molecule has 6 nitrogen and oxygen atoms in total. The molecule has 1 aromatic rings. The Morgan fingerprint density at radius 2 is 2.44 bits per heavy atom. The van der Waals surface area contributed by atoms with Crippen molar-refractivity contribution in [3.8, 4) is 0 Å².